The fourth-order valence-corrected chi connectivity index (χ4v) is 4.05. The quantitative estimate of drug-likeness (QED) is 0.798. The van der Waals surface area contributed by atoms with E-state index >= 15 is 0 Å². The Labute approximate surface area is 132 Å². The molecule has 0 radical (unpaired) electrons. The number of rotatable bonds is 8. The molecule has 1 aromatic rings. The second kappa shape index (κ2) is 7.23. The summed E-state index contributed by atoms with van der Waals surface area (Å²) in [7, 11) is 0. The van der Waals surface area contributed by atoms with Crippen LogP contribution >= 0.6 is 11.3 Å². The fraction of sp³-hybridized carbons (Fsp3) is 0.765. The number of hydrogen-bond donors (Lipinski definition) is 1. The Bertz CT molecular complexity index is 410. The largest absolute Gasteiger partial charge is 0.381 e. The van der Waals surface area contributed by atoms with E-state index in [1.54, 1.807) is 0 Å². The van der Waals surface area contributed by atoms with Crippen LogP contribution < -0.4 is 5.32 Å². The van der Waals surface area contributed by atoms with Crippen LogP contribution in [0.2, 0.25) is 0 Å². The summed E-state index contributed by atoms with van der Waals surface area (Å²) in [6, 6.07) is 3.10. The van der Waals surface area contributed by atoms with Gasteiger partial charge >= 0.3 is 0 Å². The molecule has 2 fully saturated rings. The second-order valence-electron chi connectivity index (χ2n) is 6.66. The van der Waals surface area contributed by atoms with E-state index in [2.05, 4.69) is 34.0 Å². The first kappa shape index (κ1) is 15.5. The molecule has 1 aliphatic carbocycles. The predicted octanol–water partition coefficient (Wildman–Crippen LogP) is 3.12. The maximum atomic E-state index is 5.62. The molecule has 0 aromatic carbocycles. The van der Waals surface area contributed by atoms with Gasteiger partial charge in [-0.25, -0.2) is 0 Å². The average molecular weight is 308 g/mol. The maximum Gasteiger partial charge on any atom is 0.0472 e. The number of thiophene rings is 1. The molecule has 1 aromatic heterocycles. The number of hydrogen-bond acceptors (Lipinski definition) is 4. The lowest BCUT2D eigenvalue weighted by Crippen LogP contribution is -2.47. The van der Waals surface area contributed by atoms with E-state index in [1.165, 1.54) is 37.8 Å². The van der Waals surface area contributed by atoms with E-state index in [0.29, 0.717) is 5.41 Å². The topological polar surface area (TPSA) is 24.5 Å². The molecule has 1 saturated heterocycles. The van der Waals surface area contributed by atoms with Crippen molar-refractivity contribution in [2.45, 2.75) is 45.2 Å². The standard InChI is InChI=1S/C17H28N2OS/c1-2-18-13-17(6-8-20-9-7-17)14-19(16-3-4-16)11-15-5-10-21-12-15/h5,10,12,16,18H,2-4,6-9,11,13-14H2,1H3. The van der Waals surface area contributed by atoms with Gasteiger partial charge in [-0.3, -0.25) is 4.90 Å². The molecule has 1 aliphatic heterocycles. The van der Waals surface area contributed by atoms with Crippen molar-refractivity contribution in [2.75, 3.05) is 32.8 Å². The predicted molar refractivity (Wildman–Crippen MR) is 88.8 cm³/mol. The maximum absolute atomic E-state index is 5.62. The van der Waals surface area contributed by atoms with Crippen LogP contribution in [0.1, 0.15) is 38.2 Å². The van der Waals surface area contributed by atoms with Gasteiger partial charge in [-0.05, 0) is 60.0 Å². The first-order valence-corrected chi connectivity index (χ1v) is 9.29. The Morgan fingerprint density at radius 1 is 1.38 bits per heavy atom. The van der Waals surface area contributed by atoms with E-state index in [1.807, 2.05) is 11.3 Å². The zero-order valence-electron chi connectivity index (χ0n) is 13.1. The highest BCUT2D eigenvalue weighted by Crippen LogP contribution is 2.36. The van der Waals surface area contributed by atoms with Crippen molar-refractivity contribution in [3.05, 3.63) is 22.4 Å². The Kier molecular flexibility index (Phi) is 5.33. The number of ether oxygens (including phenoxy) is 1. The van der Waals surface area contributed by atoms with Gasteiger partial charge in [0.25, 0.3) is 0 Å². The molecule has 0 amide bonds. The first-order valence-electron chi connectivity index (χ1n) is 8.35. The van der Waals surface area contributed by atoms with Gasteiger partial charge in [0.1, 0.15) is 0 Å². The van der Waals surface area contributed by atoms with E-state index < -0.39 is 0 Å². The monoisotopic (exact) mass is 308 g/mol. The lowest BCUT2D eigenvalue weighted by molar-refractivity contribution is -0.00707. The van der Waals surface area contributed by atoms with Crippen LogP contribution in [-0.4, -0.2) is 43.8 Å². The van der Waals surface area contributed by atoms with Gasteiger partial charge in [-0.15, -0.1) is 0 Å². The van der Waals surface area contributed by atoms with E-state index in [0.717, 1.165) is 38.9 Å². The minimum absolute atomic E-state index is 0.410. The SMILES string of the molecule is CCNCC1(CN(Cc2ccsc2)C2CC2)CCOCC1. The summed E-state index contributed by atoms with van der Waals surface area (Å²) in [6.07, 6.45) is 5.18. The molecule has 1 saturated carbocycles. The van der Waals surface area contributed by atoms with Crippen LogP contribution in [0.25, 0.3) is 0 Å². The molecule has 2 heterocycles. The van der Waals surface area contributed by atoms with Gasteiger partial charge in [0.05, 0.1) is 0 Å². The molecule has 118 valence electrons. The Balaban J connectivity index is 1.66. The second-order valence-corrected chi connectivity index (χ2v) is 7.44. The Hall–Kier alpha value is -0.420. The van der Waals surface area contributed by atoms with Gasteiger partial charge in [0.2, 0.25) is 0 Å². The lowest BCUT2D eigenvalue weighted by Gasteiger charge is -2.41. The fourth-order valence-electron chi connectivity index (χ4n) is 3.39. The molecule has 3 nitrogen and oxygen atoms in total. The minimum Gasteiger partial charge on any atom is -0.381 e. The summed E-state index contributed by atoms with van der Waals surface area (Å²) in [5.41, 5.74) is 1.89. The van der Waals surface area contributed by atoms with Crippen molar-refractivity contribution in [1.29, 1.82) is 0 Å². The Morgan fingerprint density at radius 3 is 2.81 bits per heavy atom. The summed E-state index contributed by atoms with van der Waals surface area (Å²) in [5, 5.41) is 8.10. The van der Waals surface area contributed by atoms with Gasteiger partial charge < -0.3 is 10.1 Å². The van der Waals surface area contributed by atoms with Gasteiger partial charge in [0, 0.05) is 38.9 Å². The van der Waals surface area contributed by atoms with Crippen molar-refractivity contribution in [1.82, 2.24) is 10.2 Å². The molecule has 2 aliphatic rings. The van der Waals surface area contributed by atoms with Crippen LogP contribution in [0.3, 0.4) is 0 Å². The lowest BCUT2D eigenvalue weighted by atomic mass is 9.79. The third-order valence-electron chi connectivity index (χ3n) is 4.87. The van der Waals surface area contributed by atoms with Crippen LogP contribution in [0, 0.1) is 5.41 Å². The van der Waals surface area contributed by atoms with E-state index in [9.17, 15) is 0 Å². The first-order chi connectivity index (χ1) is 10.3. The van der Waals surface area contributed by atoms with E-state index in [4.69, 9.17) is 4.74 Å². The van der Waals surface area contributed by atoms with Crippen molar-refractivity contribution in [3.8, 4) is 0 Å². The molecule has 0 spiro atoms. The van der Waals surface area contributed by atoms with Crippen LogP contribution in [-0.2, 0) is 11.3 Å². The van der Waals surface area contributed by atoms with Crippen molar-refractivity contribution in [2.24, 2.45) is 5.41 Å². The summed E-state index contributed by atoms with van der Waals surface area (Å²) < 4.78 is 5.62. The summed E-state index contributed by atoms with van der Waals surface area (Å²) >= 11 is 1.81. The average Bonchev–Trinajstić information content (AvgIpc) is 3.24. The van der Waals surface area contributed by atoms with Crippen LogP contribution in [0.15, 0.2) is 16.8 Å². The molecule has 0 unspecified atom stereocenters. The van der Waals surface area contributed by atoms with Crippen molar-refractivity contribution >= 4 is 11.3 Å². The van der Waals surface area contributed by atoms with Crippen molar-refractivity contribution in [3.63, 3.8) is 0 Å². The molecule has 4 heteroatoms. The van der Waals surface area contributed by atoms with Gasteiger partial charge in [-0.1, -0.05) is 6.92 Å². The normalized spacial score (nSPS) is 21.8. The molecular weight excluding hydrogens is 280 g/mol. The number of nitrogens with one attached hydrogen (secondary N) is 1. The summed E-state index contributed by atoms with van der Waals surface area (Å²) in [6.45, 7) is 8.63. The third kappa shape index (κ3) is 4.28. The molecule has 21 heavy (non-hydrogen) atoms. The highest BCUT2D eigenvalue weighted by molar-refractivity contribution is 7.07. The zero-order valence-corrected chi connectivity index (χ0v) is 14.0. The van der Waals surface area contributed by atoms with E-state index in [-0.39, 0.29) is 0 Å². The molecule has 0 atom stereocenters. The third-order valence-corrected chi connectivity index (χ3v) is 5.60. The van der Waals surface area contributed by atoms with Gasteiger partial charge in [0.15, 0.2) is 0 Å². The molecule has 1 N–H and O–H groups in total. The van der Waals surface area contributed by atoms with Crippen LogP contribution in [0.4, 0.5) is 0 Å². The molecular formula is C17H28N2OS. The zero-order chi connectivity index (χ0) is 14.5. The smallest absolute Gasteiger partial charge is 0.0472 e. The summed E-state index contributed by atoms with van der Waals surface area (Å²) in [5.74, 6) is 0. The van der Waals surface area contributed by atoms with Gasteiger partial charge in [-0.2, -0.15) is 11.3 Å². The highest BCUT2D eigenvalue weighted by atomic mass is 32.1. The van der Waals surface area contributed by atoms with Crippen LogP contribution in [0.5, 0.6) is 0 Å². The summed E-state index contributed by atoms with van der Waals surface area (Å²) in [4.78, 5) is 2.74. The highest BCUT2D eigenvalue weighted by Gasteiger charge is 2.38. The molecule has 0 bridgehead atoms. The number of nitrogens with zero attached hydrogens (tertiary/aromatic N) is 1. The van der Waals surface area contributed by atoms with Crippen molar-refractivity contribution < 1.29 is 4.74 Å². The Morgan fingerprint density at radius 2 is 2.19 bits per heavy atom. The molecule has 3 rings (SSSR count). The minimum atomic E-state index is 0.410.